The highest BCUT2D eigenvalue weighted by molar-refractivity contribution is 7.98. The molecule has 0 radical (unpaired) electrons. The lowest BCUT2D eigenvalue weighted by atomic mass is 10.0. The van der Waals surface area contributed by atoms with Crippen molar-refractivity contribution in [3.8, 4) is 0 Å². The van der Waals surface area contributed by atoms with Crippen LogP contribution in [0.2, 0.25) is 0 Å². The van der Waals surface area contributed by atoms with Crippen molar-refractivity contribution in [2.75, 3.05) is 12.0 Å². The fourth-order valence-corrected chi connectivity index (χ4v) is 3.14. The third-order valence-electron chi connectivity index (χ3n) is 4.42. The van der Waals surface area contributed by atoms with Gasteiger partial charge in [0, 0.05) is 0 Å². The van der Waals surface area contributed by atoms with Crippen molar-refractivity contribution in [2.24, 2.45) is 11.7 Å². The molecule has 0 aliphatic carbocycles. The van der Waals surface area contributed by atoms with Gasteiger partial charge in [0.2, 0.25) is 17.7 Å². The fourth-order valence-electron chi connectivity index (χ4n) is 2.65. The molecule has 6 unspecified atom stereocenters. The highest BCUT2D eigenvalue weighted by Gasteiger charge is 2.34. The van der Waals surface area contributed by atoms with Gasteiger partial charge >= 0.3 is 5.97 Å². The van der Waals surface area contributed by atoms with Gasteiger partial charge < -0.3 is 37.0 Å². The standard InChI is InChI=1S/C19H36N4O7S/c1-9(2)8-13(21-16(26)12(20)6-7-31-5)17(27)22-14(10(3)24)18(28)23-15(11(4)25)19(29)30/h9-15,24-25H,6-8,20H2,1-5H3,(H,21,26)(H,22,27)(H,23,28)(H,29,30). The lowest BCUT2D eigenvalue weighted by Crippen LogP contribution is -2.61. The number of hydrogen-bond donors (Lipinski definition) is 7. The Hall–Kier alpha value is -1.89. The molecule has 0 aromatic heterocycles. The minimum Gasteiger partial charge on any atom is -0.480 e. The van der Waals surface area contributed by atoms with Crippen molar-refractivity contribution in [3.05, 3.63) is 0 Å². The summed E-state index contributed by atoms with van der Waals surface area (Å²) in [4.78, 5) is 48.8. The van der Waals surface area contributed by atoms with E-state index in [4.69, 9.17) is 10.8 Å². The van der Waals surface area contributed by atoms with E-state index in [1.54, 1.807) is 0 Å². The van der Waals surface area contributed by atoms with Crippen LogP contribution in [-0.2, 0) is 19.2 Å². The van der Waals surface area contributed by atoms with Gasteiger partial charge in [-0.3, -0.25) is 14.4 Å². The first-order valence-corrected chi connectivity index (χ1v) is 11.5. The number of aliphatic hydroxyl groups is 2. The molecule has 0 aliphatic heterocycles. The van der Waals surface area contributed by atoms with Crippen molar-refractivity contribution >= 4 is 35.5 Å². The Kier molecular flexibility index (Phi) is 13.4. The number of aliphatic hydroxyl groups excluding tert-OH is 2. The zero-order valence-corrected chi connectivity index (χ0v) is 19.4. The lowest BCUT2D eigenvalue weighted by Gasteiger charge is -2.27. The molecule has 0 heterocycles. The van der Waals surface area contributed by atoms with Crippen LogP contribution in [0.15, 0.2) is 0 Å². The number of rotatable bonds is 14. The van der Waals surface area contributed by atoms with Crippen LogP contribution in [-0.4, -0.2) is 87.4 Å². The van der Waals surface area contributed by atoms with Gasteiger partial charge in [0.25, 0.3) is 0 Å². The molecule has 0 aromatic carbocycles. The van der Waals surface area contributed by atoms with Gasteiger partial charge in [-0.15, -0.1) is 0 Å². The predicted octanol–water partition coefficient (Wildman–Crippen LogP) is -1.59. The summed E-state index contributed by atoms with van der Waals surface area (Å²) in [6.45, 7) is 6.12. The van der Waals surface area contributed by atoms with E-state index < -0.39 is 60.1 Å². The molecule has 0 fully saturated rings. The Morgan fingerprint density at radius 2 is 1.39 bits per heavy atom. The van der Waals surface area contributed by atoms with E-state index >= 15 is 0 Å². The third kappa shape index (κ3) is 10.8. The van der Waals surface area contributed by atoms with Crippen LogP contribution < -0.4 is 21.7 Å². The SMILES string of the molecule is CSCCC(N)C(=O)NC(CC(C)C)C(=O)NC(C(=O)NC(C(=O)O)C(C)O)C(C)O. The summed E-state index contributed by atoms with van der Waals surface area (Å²) in [6.07, 6.45) is -0.202. The number of carbonyl (C=O) groups excluding carboxylic acids is 3. The van der Waals surface area contributed by atoms with Gasteiger partial charge in [-0.1, -0.05) is 13.8 Å². The highest BCUT2D eigenvalue weighted by Crippen LogP contribution is 2.08. The summed E-state index contributed by atoms with van der Waals surface area (Å²) in [7, 11) is 0. The van der Waals surface area contributed by atoms with E-state index in [2.05, 4.69) is 16.0 Å². The first kappa shape index (κ1) is 29.1. The van der Waals surface area contributed by atoms with E-state index in [-0.39, 0.29) is 12.3 Å². The maximum absolute atomic E-state index is 12.8. The maximum atomic E-state index is 12.8. The molecule has 8 N–H and O–H groups in total. The third-order valence-corrected chi connectivity index (χ3v) is 5.06. The van der Waals surface area contributed by atoms with Crippen molar-refractivity contribution < 1.29 is 34.5 Å². The van der Waals surface area contributed by atoms with Crippen LogP contribution in [0.4, 0.5) is 0 Å². The maximum Gasteiger partial charge on any atom is 0.328 e. The van der Waals surface area contributed by atoms with E-state index in [9.17, 15) is 29.4 Å². The number of carboxylic acid groups (broad SMARTS) is 1. The molecule has 3 amide bonds. The van der Waals surface area contributed by atoms with Crippen LogP contribution in [0.5, 0.6) is 0 Å². The zero-order chi connectivity index (χ0) is 24.3. The second-order valence-corrected chi connectivity index (χ2v) is 8.86. The van der Waals surface area contributed by atoms with Gasteiger partial charge in [0.1, 0.15) is 12.1 Å². The van der Waals surface area contributed by atoms with E-state index in [0.717, 1.165) is 0 Å². The van der Waals surface area contributed by atoms with Crippen LogP contribution in [0.3, 0.4) is 0 Å². The minimum atomic E-state index is -1.62. The monoisotopic (exact) mass is 464 g/mol. The summed E-state index contributed by atoms with van der Waals surface area (Å²) < 4.78 is 0. The number of thioether (sulfide) groups is 1. The average Bonchev–Trinajstić information content (AvgIpc) is 2.65. The first-order chi connectivity index (χ1) is 14.3. The number of aliphatic carboxylic acids is 1. The quantitative estimate of drug-likeness (QED) is 0.159. The molecule has 11 nitrogen and oxygen atoms in total. The molecule has 0 spiro atoms. The number of amides is 3. The molecule has 0 aromatic rings. The topological polar surface area (TPSA) is 191 Å². The molecule has 12 heteroatoms. The minimum absolute atomic E-state index is 0.0175. The summed E-state index contributed by atoms with van der Waals surface area (Å²) in [5, 5.41) is 35.6. The van der Waals surface area contributed by atoms with E-state index in [1.165, 1.54) is 25.6 Å². The number of nitrogens with one attached hydrogen (secondary N) is 3. The van der Waals surface area contributed by atoms with Crippen LogP contribution in [0.25, 0.3) is 0 Å². The number of carboxylic acids is 1. The summed E-state index contributed by atoms with van der Waals surface area (Å²) in [5.74, 6) is -2.99. The fraction of sp³-hybridized carbons (Fsp3) is 0.789. The molecule has 180 valence electrons. The summed E-state index contributed by atoms with van der Waals surface area (Å²) >= 11 is 1.54. The van der Waals surface area contributed by atoms with Crippen LogP contribution in [0, 0.1) is 5.92 Å². The number of nitrogens with two attached hydrogens (primary N) is 1. The van der Waals surface area contributed by atoms with Crippen LogP contribution in [0.1, 0.15) is 40.5 Å². The Balaban J connectivity index is 5.37. The number of hydrogen-bond acceptors (Lipinski definition) is 8. The second-order valence-electron chi connectivity index (χ2n) is 7.87. The largest absolute Gasteiger partial charge is 0.480 e. The predicted molar refractivity (Wildman–Crippen MR) is 117 cm³/mol. The molecular formula is C19H36N4O7S. The van der Waals surface area contributed by atoms with Crippen molar-refractivity contribution in [3.63, 3.8) is 0 Å². The number of carbonyl (C=O) groups is 4. The van der Waals surface area contributed by atoms with Gasteiger partial charge in [-0.25, -0.2) is 4.79 Å². The Bertz CT molecular complexity index is 616. The van der Waals surface area contributed by atoms with Crippen molar-refractivity contribution in [1.29, 1.82) is 0 Å². The zero-order valence-electron chi connectivity index (χ0n) is 18.6. The normalized spacial score (nSPS) is 17.1. The molecular weight excluding hydrogens is 428 g/mol. The molecule has 0 saturated carbocycles. The van der Waals surface area contributed by atoms with E-state index in [0.29, 0.717) is 12.2 Å². The van der Waals surface area contributed by atoms with Gasteiger partial charge in [0.15, 0.2) is 6.04 Å². The van der Waals surface area contributed by atoms with E-state index in [1.807, 2.05) is 20.1 Å². The smallest absolute Gasteiger partial charge is 0.328 e. The Labute approximate surface area is 186 Å². The van der Waals surface area contributed by atoms with Gasteiger partial charge in [-0.05, 0) is 44.6 Å². The Morgan fingerprint density at radius 3 is 1.81 bits per heavy atom. The Morgan fingerprint density at radius 1 is 0.871 bits per heavy atom. The highest BCUT2D eigenvalue weighted by atomic mass is 32.2. The van der Waals surface area contributed by atoms with Gasteiger partial charge in [-0.2, -0.15) is 11.8 Å². The molecule has 0 aliphatic rings. The molecule has 6 atom stereocenters. The van der Waals surface area contributed by atoms with Crippen LogP contribution >= 0.6 is 11.8 Å². The van der Waals surface area contributed by atoms with Gasteiger partial charge in [0.05, 0.1) is 18.2 Å². The molecule has 31 heavy (non-hydrogen) atoms. The lowest BCUT2D eigenvalue weighted by molar-refractivity contribution is -0.146. The summed E-state index contributed by atoms with van der Waals surface area (Å²) in [5.41, 5.74) is 5.85. The molecule has 0 saturated heterocycles. The summed E-state index contributed by atoms with van der Waals surface area (Å²) in [6, 6.07) is -4.92. The van der Waals surface area contributed by atoms with Crippen molar-refractivity contribution in [2.45, 2.75) is 76.9 Å². The first-order valence-electron chi connectivity index (χ1n) is 10.1. The molecule has 0 rings (SSSR count). The molecule has 0 bridgehead atoms. The second kappa shape index (κ2) is 14.2. The average molecular weight is 465 g/mol. The van der Waals surface area contributed by atoms with Crippen molar-refractivity contribution in [1.82, 2.24) is 16.0 Å².